The second kappa shape index (κ2) is 10.7. The van der Waals surface area contributed by atoms with Crippen molar-refractivity contribution < 1.29 is 4.42 Å². The Labute approximate surface area is 279 Å². The van der Waals surface area contributed by atoms with Gasteiger partial charge in [-0.15, -0.1) is 11.3 Å². The molecule has 0 bridgehead atoms. The average Bonchev–Trinajstić information content (AvgIpc) is 3.73. The molecule has 0 atom stereocenters. The fraction of sp³-hybridized carbons (Fsp3) is 0. The van der Waals surface area contributed by atoms with Crippen LogP contribution < -0.4 is 0 Å². The number of thiophene rings is 1. The third-order valence-corrected chi connectivity index (χ3v) is 10.2. The summed E-state index contributed by atoms with van der Waals surface area (Å²) >= 11 is 1.80. The fourth-order valence-corrected chi connectivity index (χ4v) is 7.93. The van der Waals surface area contributed by atoms with E-state index < -0.39 is 0 Å². The van der Waals surface area contributed by atoms with Gasteiger partial charge in [0.2, 0.25) is 0 Å². The van der Waals surface area contributed by atoms with Gasteiger partial charge in [0, 0.05) is 47.6 Å². The van der Waals surface area contributed by atoms with Crippen LogP contribution in [0.2, 0.25) is 0 Å². The first-order chi connectivity index (χ1) is 23.7. The van der Waals surface area contributed by atoms with Crippen molar-refractivity contribution in [3.63, 3.8) is 0 Å². The smallest absolute Gasteiger partial charge is 0.164 e. The van der Waals surface area contributed by atoms with Crippen molar-refractivity contribution in [3.8, 4) is 45.3 Å². The number of benzene rings is 7. The largest absolute Gasteiger partial charge is 0.456 e. The van der Waals surface area contributed by atoms with E-state index in [1.807, 2.05) is 48.5 Å². The summed E-state index contributed by atoms with van der Waals surface area (Å²) in [4.78, 5) is 15.0. The van der Waals surface area contributed by atoms with Gasteiger partial charge in [0.15, 0.2) is 17.5 Å². The molecule has 0 saturated carbocycles. The Kier molecular flexibility index (Phi) is 6.01. The van der Waals surface area contributed by atoms with Crippen LogP contribution >= 0.6 is 11.3 Å². The molecule has 3 aromatic heterocycles. The normalized spacial score (nSPS) is 11.8. The van der Waals surface area contributed by atoms with E-state index in [0.29, 0.717) is 17.5 Å². The highest BCUT2D eigenvalue weighted by Gasteiger charge is 2.16. The Hall–Kier alpha value is -6.17. The highest BCUT2D eigenvalue weighted by molar-refractivity contribution is 7.25. The number of hydrogen-bond acceptors (Lipinski definition) is 5. The molecule has 0 radical (unpaired) electrons. The Bertz CT molecular complexity index is 2850. The van der Waals surface area contributed by atoms with Gasteiger partial charge < -0.3 is 4.42 Å². The first-order valence-electron chi connectivity index (χ1n) is 15.9. The Morgan fingerprint density at radius 3 is 1.83 bits per heavy atom. The van der Waals surface area contributed by atoms with Gasteiger partial charge >= 0.3 is 0 Å². The molecule has 0 fully saturated rings. The number of rotatable bonds is 4. The van der Waals surface area contributed by atoms with E-state index in [2.05, 4.69) is 103 Å². The molecule has 0 N–H and O–H groups in total. The summed E-state index contributed by atoms with van der Waals surface area (Å²) in [5, 5.41) is 7.07. The number of aromatic nitrogens is 3. The van der Waals surface area contributed by atoms with Gasteiger partial charge in [-0.05, 0) is 58.3 Å². The van der Waals surface area contributed by atoms with Gasteiger partial charge in [-0.3, -0.25) is 0 Å². The lowest BCUT2D eigenvalue weighted by molar-refractivity contribution is 0.669. The number of para-hydroxylation sites is 1. The van der Waals surface area contributed by atoms with Crippen LogP contribution in [0.4, 0.5) is 0 Å². The van der Waals surface area contributed by atoms with Crippen LogP contribution in [0, 0.1) is 0 Å². The monoisotopic (exact) mass is 631 g/mol. The average molecular weight is 632 g/mol. The molecule has 0 aliphatic heterocycles. The quantitative estimate of drug-likeness (QED) is 0.194. The molecule has 0 saturated heterocycles. The van der Waals surface area contributed by atoms with Crippen LogP contribution in [0.3, 0.4) is 0 Å². The molecule has 0 unspecified atom stereocenters. The molecule has 48 heavy (non-hydrogen) atoms. The standard InChI is InChI=1S/C43H25N3OS/c1-2-9-26(10-3-1)41-44-42(46-43(45-41)31-21-22-34-33-11-5-7-16-38(33)48-39(34)25-31)30-20-18-27-23-29(19-17-28(27)24-30)32-13-8-15-37-40(32)35-12-4-6-14-36(35)47-37/h1-25H. The Morgan fingerprint density at radius 1 is 0.396 bits per heavy atom. The second-order valence-corrected chi connectivity index (χ2v) is 13.1. The van der Waals surface area contributed by atoms with Crippen molar-refractivity contribution in [2.75, 3.05) is 0 Å². The molecule has 224 valence electrons. The number of fused-ring (bicyclic) bond motifs is 7. The van der Waals surface area contributed by atoms with Crippen LogP contribution in [-0.4, -0.2) is 15.0 Å². The minimum Gasteiger partial charge on any atom is -0.456 e. The minimum atomic E-state index is 0.649. The van der Waals surface area contributed by atoms with Crippen LogP contribution in [0.25, 0.3) is 98.2 Å². The Balaban J connectivity index is 1.09. The number of hydrogen-bond donors (Lipinski definition) is 0. The lowest BCUT2D eigenvalue weighted by atomic mass is 9.96. The highest BCUT2D eigenvalue weighted by Crippen LogP contribution is 2.39. The van der Waals surface area contributed by atoms with Crippen molar-refractivity contribution >= 4 is 64.2 Å². The van der Waals surface area contributed by atoms with Gasteiger partial charge in [0.1, 0.15) is 11.2 Å². The van der Waals surface area contributed by atoms with Crippen molar-refractivity contribution in [1.82, 2.24) is 15.0 Å². The topological polar surface area (TPSA) is 51.8 Å². The molecule has 0 amide bonds. The summed E-state index contributed by atoms with van der Waals surface area (Å²) in [5.74, 6) is 1.97. The van der Waals surface area contributed by atoms with E-state index in [1.54, 1.807) is 11.3 Å². The SMILES string of the molecule is c1ccc(-c2nc(-c3ccc4cc(-c5cccc6oc7ccccc7c56)ccc4c3)nc(-c3ccc4c(c3)sc3ccccc34)n2)cc1. The van der Waals surface area contributed by atoms with Crippen molar-refractivity contribution in [1.29, 1.82) is 0 Å². The predicted octanol–water partition coefficient (Wildman–Crippen LogP) is 12.0. The molecule has 10 rings (SSSR count). The maximum atomic E-state index is 6.17. The molecular formula is C43H25N3OS. The zero-order valence-corrected chi connectivity index (χ0v) is 26.4. The minimum absolute atomic E-state index is 0.649. The van der Waals surface area contributed by atoms with E-state index in [9.17, 15) is 0 Å². The third kappa shape index (κ3) is 4.40. The van der Waals surface area contributed by atoms with Gasteiger partial charge in [-0.1, -0.05) is 115 Å². The van der Waals surface area contributed by atoms with Crippen LogP contribution in [-0.2, 0) is 0 Å². The summed E-state index contributed by atoms with van der Waals surface area (Å²) in [7, 11) is 0. The van der Waals surface area contributed by atoms with Gasteiger partial charge in [-0.25, -0.2) is 15.0 Å². The van der Waals surface area contributed by atoms with Crippen LogP contribution in [0.5, 0.6) is 0 Å². The number of nitrogens with zero attached hydrogens (tertiary/aromatic N) is 3. The summed E-state index contributed by atoms with van der Waals surface area (Å²) in [6.07, 6.45) is 0. The zero-order valence-electron chi connectivity index (χ0n) is 25.6. The second-order valence-electron chi connectivity index (χ2n) is 12.0. The van der Waals surface area contributed by atoms with Crippen molar-refractivity contribution in [2.45, 2.75) is 0 Å². The lowest BCUT2D eigenvalue weighted by Crippen LogP contribution is -2.00. The van der Waals surface area contributed by atoms with Crippen LogP contribution in [0.1, 0.15) is 0 Å². The summed E-state index contributed by atoms with van der Waals surface area (Å²) in [6, 6.07) is 52.8. The molecule has 10 aromatic rings. The van der Waals surface area contributed by atoms with E-state index >= 15 is 0 Å². The predicted molar refractivity (Wildman–Crippen MR) is 199 cm³/mol. The highest BCUT2D eigenvalue weighted by atomic mass is 32.1. The van der Waals surface area contributed by atoms with Crippen molar-refractivity contribution in [2.24, 2.45) is 0 Å². The molecule has 0 spiro atoms. The molecule has 0 aliphatic carbocycles. The molecule has 0 aliphatic rings. The van der Waals surface area contributed by atoms with Crippen LogP contribution in [0.15, 0.2) is 156 Å². The van der Waals surface area contributed by atoms with E-state index in [4.69, 9.17) is 19.4 Å². The zero-order chi connectivity index (χ0) is 31.6. The lowest BCUT2D eigenvalue weighted by Gasteiger charge is -2.10. The molecule has 4 nitrogen and oxygen atoms in total. The van der Waals surface area contributed by atoms with Gasteiger partial charge in [0.25, 0.3) is 0 Å². The fourth-order valence-electron chi connectivity index (χ4n) is 6.78. The summed E-state index contributed by atoms with van der Waals surface area (Å²) in [5.41, 5.74) is 6.99. The number of furan rings is 1. The molecule has 5 heteroatoms. The summed E-state index contributed by atoms with van der Waals surface area (Å²) < 4.78 is 8.66. The Morgan fingerprint density at radius 2 is 1.00 bits per heavy atom. The van der Waals surface area contributed by atoms with Crippen molar-refractivity contribution in [3.05, 3.63) is 152 Å². The van der Waals surface area contributed by atoms with E-state index in [0.717, 1.165) is 60.5 Å². The van der Waals surface area contributed by atoms with E-state index in [1.165, 1.54) is 20.2 Å². The molecule has 3 heterocycles. The third-order valence-electron chi connectivity index (χ3n) is 9.12. The van der Waals surface area contributed by atoms with Gasteiger partial charge in [0.05, 0.1) is 0 Å². The first-order valence-corrected chi connectivity index (χ1v) is 16.7. The first kappa shape index (κ1) is 27.0. The summed E-state index contributed by atoms with van der Waals surface area (Å²) in [6.45, 7) is 0. The maximum Gasteiger partial charge on any atom is 0.164 e. The van der Waals surface area contributed by atoms with E-state index in [-0.39, 0.29) is 0 Å². The van der Waals surface area contributed by atoms with Gasteiger partial charge in [-0.2, -0.15) is 0 Å². The molecule has 7 aromatic carbocycles. The maximum absolute atomic E-state index is 6.17. The molecular weight excluding hydrogens is 607 g/mol.